The molecule has 1 saturated heterocycles. The van der Waals surface area contributed by atoms with Gasteiger partial charge in [-0.2, -0.15) is 26.3 Å². The van der Waals surface area contributed by atoms with Gasteiger partial charge in [-0.15, -0.1) is 0 Å². The molecule has 0 unspecified atom stereocenters. The summed E-state index contributed by atoms with van der Waals surface area (Å²) in [5.41, 5.74) is -2.00. The molecule has 1 heterocycles. The smallest absolute Gasteiger partial charge is 0.416 e. The molecule has 0 aliphatic carbocycles. The molecule has 0 bridgehead atoms. The molecule has 3 amide bonds. The highest BCUT2D eigenvalue weighted by atomic mass is 19.4. The molecule has 46 heavy (non-hydrogen) atoms. The van der Waals surface area contributed by atoms with E-state index in [0.717, 1.165) is 11.4 Å². The minimum atomic E-state index is -5.08. The molecule has 9 nitrogen and oxygen atoms in total. The molecule has 4 rings (SSSR count). The standard InChI is InChI=1S/C31H33F6N5O4/c1-45-15-5-10-38-28(43)24-19-22(39-29(44)40-23-17-20(30(32,33)34)16-21(18-23)31(35,36)37)8-9-25(24)41-11-13-42(14-12-41)26-6-3-4-7-27(26)46-2/h3-4,6-9,16-19H,5,10-15H2,1-2H3,(H,38,43)(H2,39,40,44). The number of hydrogen-bond donors (Lipinski definition) is 3. The molecular formula is C31H33F6N5O4. The predicted octanol–water partition coefficient (Wildman–Crippen LogP) is 6.47. The molecule has 0 saturated carbocycles. The van der Waals surface area contributed by atoms with Crippen LogP contribution in [-0.4, -0.2) is 65.5 Å². The minimum absolute atomic E-state index is 0.0322. The van der Waals surface area contributed by atoms with E-state index >= 15 is 0 Å². The zero-order valence-electron chi connectivity index (χ0n) is 25.0. The number of piperazine rings is 1. The topological polar surface area (TPSA) is 95.2 Å². The van der Waals surface area contributed by atoms with Crippen LogP contribution in [0.5, 0.6) is 5.75 Å². The maximum absolute atomic E-state index is 13.3. The predicted molar refractivity (Wildman–Crippen MR) is 162 cm³/mol. The zero-order chi connectivity index (χ0) is 33.5. The number of carbonyl (C=O) groups is 2. The highest BCUT2D eigenvalue weighted by Gasteiger charge is 2.37. The van der Waals surface area contributed by atoms with Gasteiger partial charge in [0.2, 0.25) is 0 Å². The van der Waals surface area contributed by atoms with Crippen LogP contribution in [0, 0.1) is 0 Å². The van der Waals surface area contributed by atoms with E-state index in [1.807, 2.05) is 34.5 Å². The summed E-state index contributed by atoms with van der Waals surface area (Å²) in [5.74, 6) is 0.301. The molecule has 1 aliphatic heterocycles. The van der Waals surface area contributed by atoms with Crippen molar-refractivity contribution in [1.82, 2.24) is 5.32 Å². The van der Waals surface area contributed by atoms with Gasteiger partial charge in [0, 0.05) is 63.5 Å². The van der Waals surface area contributed by atoms with Crippen molar-refractivity contribution in [3.63, 3.8) is 0 Å². The Balaban J connectivity index is 1.54. The van der Waals surface area contributed by atoms with Gasteiger partial charge in [0.25, 0.3) is 5.91 Å². The lowest BCUT2D eigenvalue weighted by Gasteiger charge is -2.38. The lowest BCUT2D eigenvalue weighted by molar-refractivity contribution is -0.143. The van der Waals surface area contributed by atoms with Crippen LogP contribution < -0.4 is 30.5 Å². The average Bonchev–Trinajstić information content (AvgIpc) is 3.02. The van der Waals surface area contributed by atoms with E-state index in [9.17, 15) is 35.9 Å². The Labute approximate surface area is 261 Å². The van der Waals surface area contributed by atoms with Crippen LogP contribution in [0.25, 0.3) is 0 Å². The largest absolute Gasteiger partial charge is 0.495 e. The number of alkyl halides is 6. The van der Waals surface area contributed by atoms with Crippen LogP contribution in [0.4, 0.5) is 53.9 Å². The Hall–Kier alpha value is -4.66. The summed E-state index contributed by atoms with van der Waals surface area (Å²) in [5, 5.41) is 7.24. The zero-order valence-corrected chi connectivity index (χ0v) is 25.0. The number of para-hydroxylation sites is 2. The van der Waals surface area contributed by atoms with E-state index in [2.05, 4.69) is 15.5 Å². The van der Waals surface area contributed by atoms with Crippen molar-refractivity contribution < 1.29 is 45.4 Å². The summed E-state index contributed by atoms with van der Waals surface area (Å²) in [6, 6.07) is 11.8. The van der Waals surface area contributed by atoms with Crippen molar-refractivity contribution >= 4 is 34.7 Å². The molecule has 15 heteroatoms. The minimum Gasteiger partial charge on any atom is -0.495 e. The number of carbonyl (C=O) groups excluding carboxylic acids is 2. The molecule has 0 atom stereocenters. The van der Waals surface area contributed by atoms with Crippen LogP contribution in [0.15, 0.2) is 60.7 Å². The maximum atomic E-state index is 13.3. The van der Waals surface area contributed by atoms with Gasteiger partial charge < -0.3 is 35.2 Å². The van der Waals surface area contributed by atoms with Crippen molar-refractivity contribution in [1.29, 1.82) is 0 Å². The lowest BCUT2D eigenvalue weighted by Crippen LogP contribution is -2.47. The number of urea groups is 1. The number of amides is 3. The van der Waals surface area contributed by atoms with Crippen molar-refractivity contribution in [3.8, 4) is 5.75 Å². The lowest BCUT2D eigenvalue weighted by atomic mass is 10.1. The average molecular weight is 654 g/mol. The molecule has 1 aliphatic rings. The highest BCUT2D eigenvalue weighted by molar-refractivity contribution is 6.04. The highest BCUT2D eigenvalue weighted by Crippen LogP contribution is 2.38. The summed E-state index contributed by atoms with van der Waals surface area (Å²) >= 11 is 0. The number of nitrogens with one attached hydrogen (secondary N) is 3. The van der Waals surface area contributed by atoms with Crippen LogP contribution in [0.1, 0.15) is 27.9 Å². The van der Waals surface area contributed by atoms with Gasteiger partial charge in [-0.25, -0.2) is 4.79 Å². The van der Waals surface area contributed by atoms with E-state index in [-0.39, 0.29) is 17.3 Å². The van der Waals surface area contributed by atoms with Crippen molar-refractivity contribution in [2.24, 2.45) is 0 Å². The summed E-state index contributed by atoms with van der Waals surface area (Å²) in [6.07, 6.45) is -9.60. The van der Waals surface area contributed by atoms with Crippen LogP contribution in [0.2, 0.25) is 0 Å². The number of halogens is 6. The van der Waals surface area contributed by atoms with Gasteiger partial charge in [-0.3, -0.25) is 4.79 Å². The molecule has 3 aromatic rings. The van der Waals surface area contributed by atoms with Gasteiger partial charge in [0.15, 0.2) is 0 Å². The Kier molecular flexibility index (Phi) is 10.9. The molecule has 248 valence electrons. The molecule has 3 aromatic carbocycles. The van der Waals surface area contributed by atoms with Gasteiger partial charge in [-0.1, -0.05) is 12.1 Å². The monoisotopic (exact) mass is 653 g/mol. The van der Waals surface area contributed by atoms with Crippen molar-refractivity contribution in [3.05, 3.63) is 77.4 Å². The fraction of sp³-hybridized carbons (Fsp3) is 0.355. The number of hydrogen-bond acceptors (Lipinski definition) is 6. The second-order valence-electron chi connectivity index (χ2n) is 10.4. The van der Waals surface area contributed by atoms with Crippen molar-refractivity contribution in [2.75, 3.05) is 74.0 Å². The Bertz CT molecular complexity index is 1490. The summed E-state index contributed by atoms with van der Waals surface area (Å²) in [6.45, 7) is 3.07. The second-order valence-corrected chi connectivity index (χ2v) is 10.4. The first-order valence-corrected chi connectivity index (χ1v) is 14.2. The molecule has 0 spiro atoms. The summed E-state index contributed by atoms with van der Waals surface area (Å²) < 4.78 is 90.0. The van der Waals surface area contributed by atoms with Gasteiger partial charge >= 0.3 is 18.4 Å². The molecule has 1 fully saturated rings. The third kappa shape index (κ3) is 8.74. The van der Waals surface area contributed by atoms with Gasteiger partial charge in [-0.05, 0) is 55.0 Å². The Morgan fingerprint density at radius 2 is 1.35 bits per heavy atom. The number of methoxy groups -OCH3 is 2. The van der Waals surface area contributed by atoms with Crippen LogP contribution >= 0.6 is 0 Å². The van der Waals surface area contributed by atoms with Crippen LogP contribution in [-0.2, 0) is 17.1 Å². The van der Waals surface area contributed by atoms with E-state index in [4.69, 9.17) is 9.47 Å². The van der Waals surface area contributed by atoms with Crippen LogP contribution in [0.3, 0.4) is 0 Å². The van der Waals surface area contributed by atoms with E-state index in [1.54, 1.807) is 13.2 Å². The fourth-order valence-electron chi connectivity index (χ4n) is 4.98. The molecule has 0 radical (unpaired) electrons. The number of anilines is 4. The SMILES string of the molecule is COCCCNC(=O)c1cc(NC(=O)Nc2cc(C(F)(F)F)cc(C(F)(F)F)c2)ccc1N1CCN(c2ccccc2OC)CC1. The van der Waals surface area contributed by atoms with Gasteiger partial charge in [0.1, 0.15) is 5.75 Å². The summed E-state index contributed by atoms with van der Waals surface area (Å²) in [4.78, 5) is 30.2. The summed E-state index contributed by atoms with van der Waals surface area (Å²) in [7, 11) is 3.13. The number of benzene rings is 3. The second kappa shape index (κ2) is 14.6. The Morgan fingerprint density at radius 3 is 1.93 bits per heavy atom. The first kappa shape index (κ1) is 34.2. The number of rotatable bonds is 10. The third-order valence-electron chi connectivity index (χ3n) is 7.20. The first-order valence-electron chi connectivity index (χ1n) is 14.2. The fourth-order valence-corrected chi connectivity index (χ4v) is 4.98. The molecule has 3 N–H and O–H groups in total. The van der Waals surface area contributed by atoms with Crippen molar-refractivity contribution in [2.45, 2.75) is 18.8 Å². The van der Waals surface area contributed by atoms with Gasteiger partial charge in [0.05, 0.1) is 29.5 Å². The number of ether oxygens (including phenoxy) is 2. The van der Waals surface area contributed by atoms with E-state index < -0.39 is 41.1 Å². The van der Waals surface area contributed by atoms with E-state index in [0.29, 0.717) is 63.6 Å². The number of nitrogens with zero attached hydrogens (tertiary/aromatic N) is 2. The molecule has 0 aromatic heterocycles. The Morgan fingerprint density at radius 1 is 0.761 bits per heavy atom. The quantitative estimate of drug-likeness (QED) is 0.172. The molecular weight excluding hydrogens is 620 g/mol. The normalized spacial score (nSPS) is 13.7. The van der Waals surface area contributed by atoms with E-state index in [1.165, 1.54) is 19.2 Å². The first-order chi connectivity index (χ1) is 21.8. The third-order valence-corrected chi connectivity index (χ3v) is 7.20. The maximum Gasteiger partial charge on any atom is 0.416 e.